The second kappa shape index (κ2) is 7.05. The molecule has 7 heteroatoms. The monoisotopic (exact) mass is 353 g/mol. The average molecular weight is 353 g/mol. The largest absolute Gasteiger partial charge is 0.484 e. The Morgan fingerprint density at radius 2 is 1.87 bits per heavy atom. The predicted molar refractivity (Wildman–Crippen MR) is 92.0 cm³/mol. The number of benzene rings is 1. The van der Waals surface area contributed by atoms with E-state index in [1.54, 1.807) is 0 Å². The number of hydrogen-bond acceptors (Lipinski definition) is 5. The highest BCUT2D eigenvalue weighted by Gasteiger charge is 2.51. The van der Waals surface area contributed by atoms with Gasteiger partial charge in [0.1, 0.15) is 11.3 Å². The van der Waals surface area contributed by atoms with Gasteiger partial charge < -0.3 is 15.2 Å². The third-order valence-electron chi connectivity index (χ3n) is 3.89. The average Bonchev–Trinajstić information content (AvgIpc) is 3.35. The van der Waals surface area contributed by atoms with Gasteiger partial charge in [-0.15, -0.1) is 23.5 Å². The predicted octanol–water partition coefficient (Wildman–Crippen LogP) is 2.67. The van der Waals surface area contributed by atoms with E-state index in [1.807, 2.05) is 47.8 Å². The number of nitrogens with one attached hydrogen (secondary N) is 1. The van der Waals surface area contributed by atoms with Crippen molar-refractivity contribution in [2.45, 2.75) is 29.4 Å². The number of hydrogen-bond donors (Lipinski definition) is 2. The molecule has 0 bridgehead atoms. The molecule has 2 N–H and O–H groups in total. The van der Waals surface area contributed by atoms with Crippen LogP contribution in [0.2, 0.25) is 0 Å². The minimum Gasteiger partial charge on any atom is -0.484 e. The third-order valence-corrected chi connectivity index (χ3v) is 6.90. The van der Waals surface area contributed by atoms with E-state index in [0.29, 0.717) is 23.2 Å². The summed E-state index contributed by atoms with van der Waals surface area (Å²) in [6.45, 7) is -0.165. The lowest BCUT2D eigenvalue weighted by Gasteiger charge is -2.21. The van der Waals surface area contributed by atoms with Gasteiger partial charge in [-0.2, -0.15) is 0 Å². The van der Waals surface area contributed by atoms with Crippen molar-refractivity contribution in [3.63, 3.8) is 0 Å². The number of carboxylic acids is 1. The molecule has 1 saturated carbocycles. The van der Waals surface area contributed by atoms with E-state index in [4.69, 9.17) is 9.84 Å². The van der Waals surface area contributed by atoms with Crippen molar-refractivity contribution in [3.05, 3.63) is 29.8 Å². The molecule has 23 heavy (non-hydrogen) atoms. The highest BCUT2D eigenvalue weighted by Crippen LogP contribution is 2.43. The third kappa shape index (κ3) is 4.14. The molecule has 1 heterocycles. The maximum Gasteiger partial charge on any atom is 0.329 e. The quantitative estimate of drug-likeness (QED) is 0.819. The van der Waals surface area contributed by atoms with Crippen LogP contribution in [-0.4, -0.2) is 40.6 Å². The molecule has 0 radical (unpaired) electrons. The summed E-state index contributed by atoms with van der Waals surface area (Å²) in [5.74, 6) is 1.64. The molecule has 1 aromatic carbocycles. The van der Waals surface area contributed by atoms with Crippen molar-refractivity contribution in [2.24, 2.45) is 0 Å². The van der Waals surface area contributed by atoms with E-state index in [-0.39, 0.29) is 6.61 Å². The van der Waals surface area contributed by atoms with Crippen LogP contribution in [0.5, 0.6) is 5.75 Å². The summed E-state index contributed by atoms with van der Waals surface area (Å²) in [5.41, 5.74) is 0.207. The lowest BCUT2D eigenvalue weighted by molar-refractivity contribution is -0.143. The van der Waals surface area contributed by atoms with Crippen molar-refractivity contribution in [3.8, 4) is 5.75 Å². The Hall–Kier alpha value is -1.34. The number of carbonyl (C=O) groups excluding carboxylic acids is 1. The summed E-state index contributed by atoms with van der Waals surface area (Å²) in [7, 11) is 0. The zero-order valence-corrected chi connectivity index (χ0v) is 14.3. The van der Waals surface area contributed by atoms with E-state index in [9.17, 15) is 9.59 Å². The highest BCUT2D eigenvalue weighted by atomic mass is 32.2. The molecule has 1 aliphatic heterocycles. The van der Waals surface area contributed by atoms with Gasteiger partial charge in [0.05, 0.1) is 4.58 Å². The summed E-state index contributed by atoms with van der Waals surface area (Å²) < 4.78 is 5.92. The maximum atomic E-state index is 11.8. The molecule has 0 unspecified atom stereocenters. The number of amides is 1. The molecule has 0 atom stereocenters. The minimum absolute atomic E-state index is 0.165. The smallest absolute Gasteiger partial charge is 0.329 e. The molecule has 2 aliphatic rings. The van der Waals surface area contributed by atoms with E-state index in [2.05, 4.69) is 5.32 Å². The first-order valence-corrected chi connectivity index (χ1v) is 9.69. The zero-order chi connectivity index (χ0) is 16.3. The summed E-state index contributed by atoms with van der Waals surface area (Å²) in [6, 6.07) is 7.79. The van der Waals surface area contributed by atoms with Gasteiger partial charge in [-0.3, -0.25) is 4.79 Å². The Bertz CT molecular complexity index is 580. The fourth-order valence-corrected chi connectivity index (χ4v) is 5.26. The molecule has 1 aromatic rings. The van der Waals surface area contributed by atoms with Gasteiger partial charge in [0.2, 0.25) is 0 Å². The molecule has 0 aromatic heterocycles. The van der Waals surface area contributed by atoms with E-state index < -0.39 is 17.4 Å². The topological polar surface area (TPSA) is 75.6 Å². The highest BCUT2D eigenvalue weighted by molar-refractivity contribution is 8.16. The summed E-state index contributed by atoms with van der Waals surface area (Å²) >= 11 is 3.92. The SMILES string of the molecule is O=C(COc1ccc(C2SCCCS2)cc1)NC1(C(=O)O)CC1. The maximum absolute atomic E-state index is 11.8. The van der Waals surface area contributed by atoms with Crippen molar-refractivity contribution < 1.29 is 19.4 Å². The first-order chi connectivity index (χ1) is 11.1. The molecule has 3 rings (SSSR count). The normalized spacial score (nSPS) is 19.8. The van der Waals surface area contributed by atoms with Gasteiger partial charge in [-0.1, -0.05) is 12.1 Å². The molecular formula is C16H19NO4S2. The number of rotatable bonds is 6. The van der Waals surface area contributed by atoms with Crippen molar-refractivity contribution in [1.82, 2.24) is 5.32 Å². The van der Waals surface area contributed by atoms with Crippen LogP contribution in [0.4, 0.5) is 0 Å². The van der Waals surface area contributed by atoms with Gasteiger partial charge in [0.25, 0.3) is 5.91 Å². The Labute approximate surface area is 143 Å². The summed E-state index contributed by atoms with van der Waals surface area (Å²) in [4.78, 5) is 22.8. The van der Waals surface area contributed by atoms with E-state index in [1.165, 1.54) is 23.5 Å². The molecule has 1 aliphatic carbocycles. The van der Waals surface area contributed by atoms with Crippen LogP contribution in [0.15, 0.2) is 24.3 Å². The van der Waals surface area contributed by atoms with Gasteiger partial charge in [0, 0.05) is 0 Å². The Morgan fingerprint density at radius 1 is 1.22 bits per heavy atom. The lowest BCUT2D eigenvalue weighted by atomic mass is 10.2. The molecule has 124 valence electrons. The first-order valence-electron chi connectivity index (χ1n) is 7.59. The Balaban J connectivity index is 1.48. The van der Waals surface area contributed by atoms with Crippen LogP contribution in [-0.2, 0) is 9.59 Å². The van der Waals surface area contributed by atoms with Gasteiger partial charge in [0.15, 0.2) is 6.61 Å². The van der Waals surface area contributed by atoms with Crippen molar-refractivity contribution in [1.29, 1.82) is 0 Å². The van der Waals surface area contributed by atoms with Crippen molar-refractivity contribution >= 4 is 35.4 Å². The first kappa shape index (κ1) is 16.5. The van der Waals surface area contributed by atoms with Gasteiger partial charge >= 0.3 is 5.97 Å². The van der Waals surface area contributed by atoms with Crippen LogP contribution in [0.3, 0.4) is 0 Å². The van der Waals surface area contributed by atoms with Crippen LogP contribution >= 0.6 is 23.5 Å². The molecule has 1 saturated heterocycles. The molecule has 1 amide bonds. The molecule has 0 spiro atoms. The number of carbonyl (C=O) groups is 2. The van der Waals surface area contributed by atoms with E-state index >= 15 is 0 Å². The number of aliphatic carboxylic acids is 1. The van der Waals surface area contributed by atoms with Gasteiger partial charge in [-0.05, 0) is 48.5 Å². The lowest BCUT2D eigenvalue weighted by Crippen LogP contribution is -2.45. The van der Waals surface area contributed by atoms with Gasteiger partial charge in [-0.25, -0.2) is 4.79 Å². The van der Waals surface area contributed by atoms with Crippen molar-refractivity contribution in [2.75, 3.05) is 18.1 Å². The van der Waals surface area contributed by atoms with Crippen LogP contribution in [0, 0.1) is 0 Å². The number of ether oxygens (including phenoxy) is 1. The molecule has 2 fully saturated rings. The second-order valence-electron chi connectivity index (χ2n) is 5.72. The molecular weight excluding hydrogens is 334 g/mol. The number of thioether (sulfide) groups is 2. The Morgan fingerprint density at radius 3 is 2.43 bits per heavy atom. The standard InChI is InChI=1S/C16H19NO4S2/c18-13(17-16(6-7-16)15(19)20)10-21-12-4-2-11(3-5-12)14-22-8-1-9-23-14/h2-5,14H,1,6-10H2,(H,17,18)(H,19,20). The van der Waals surface area contributed by atoms with E-state index in [0.717, 1.165) is 0 Å². The fraction of sp³-hybridized carbons (Fsp3) is 0.500. The zero-order valence-electron chi connectivity index (χ0n) is 12.6. The van der Waals surface area contributed by atoms with Crippen LogP contribution in [0.25, 0.3) is 0 Å². The Kier molecular flexibility index (Phi) is 5.06. The second-order valence-corrected chi connectivity index (χ2v) is 8.44. The minimum atomic E-state index is -1.06. The summed E-state index contributed by atoms with van der Waals surface area (Å²) in [5, 5.41) is 11.6. The summed E-state index contributed by atoms with van der Waals surface area (Å²) in [6.07, 6.45) is 2.24. The van der Waals surface area contributed by atoms with Crippen LogP contribution in [0.1, 0.15) is 29.4 Å². The number of carboxylic acid groups (broad SMARTS) is 1. The molecule has 5 nitrogen and oxygen atoms in total. The fourth-order valence-electron chi connectivity index (χ4n) is 2.37. The van der Waals surface area contributed by atoms with Crippen LogP contribution < -0.4 is 10.1 Å².